The molecular formula is C15H23N3O2. The zero-order chi connectivity index (χ0) is 14.6. The Bertz CT molecular complexity index is 464. The first-order valence-electron chi connectivity index (χ1n) is 7.05. The van der Waals surface area contributed by atoms with Gasteiger partial charge in [0.15, 0.2) is 0 Å². The largest absolute Gasteiger partial charge is 0.444 e. The maximum absolute atomic E-state index is 11.6. The molecule has 0 saturated carbocycles. The van der Waals surface area contributed by atoms with Crippen LogP contribution in [0.2, 0.25) is 0 Å². The zero-order valence-corrected chi connectivity index (χ0v) is 12.4. The van der Waals surface area contributed by atoms with E-state index in [-0.39, 0.29) is 0 Å². The summed E-state index contributed by atoms with van der Waals surface area (Å²) in [6.07, 6.45) is 0.584. The highest BCUT2D eigenvalue weighted by Gasteiger charge is 2.18. The molecule has 2 N–H and O–H groups in total. The molecule has 5 nitrogen and oxygen atoms in total. The predicted octanol–water partition coefficient (Wildman–Crippen LogP) is 1.87. The van der Waals surface area contributed by atoms with Crippen LogP contribution in [0.15, 0.2) is 18.2 Å². The van der Waals surface area contributed by atoms with Crippen LogP contribution in [0.3, 0.4) is 0 Å². The minimum atomic E-state index is -0.476. The maximum Gasteiger partial charge on any atom is 0.407 e. The first kappa shape index (κ1) is 14.8. The Balaban J connectivity index is 1.83. The molecule has 0 bridgehead atoms. The van der Waals surface area contributed by atoms with Crippen molar-refractivity contribution in [2.45, 2.75) is 39.3 Å². The highest BCUT2D eigenvalue weighted by molar-refractivity contribution is 5.67. The van der Waals surface area contributed by atoms with Gasteiger partial charge in [0, 0.05) is 5.69 Å². The van der Waals surface area contributed by atoms with Crippen LogP contribution < -0.4 is 10.6 Å². The van der Waals surface area contributed by atoms with Crippen LogP contribution in [0.25, 0.3) is 0 Å². The number of alkyl carbamates (subject to hydrolysis) is 1. The summed E-state index contributed by atoms with van der Waals surface area (Å²) in [6.45, 7) is 8.07. The molecule has 1 aliphatic heterocycles. The summed E-state index contributed by atoms with van der Waals surface area (Å²) in [4.78, 5) is 16.1. The number of amides is 1. The second-order valence-electron chi connectivity index (χ2n) is 6.20. The van der Waals surface area contributed by atoms with Gasteiger partial charge in [0.1, 0.15) is 5.60 Å². The number of rotatable bonds is 4. The van der Waals surface area contributed by atoms with E-state index in [1.54, 1.807) is 0 Å². The molecule has 1 aliphatic rings. The SMILES string of the molecule is CC(C)(C)OC(=O)NCc1cccc(CC2CNC2)n1. The van der Waals surface area contributed by atoms with Gasteiger partial charge in [0.2, 0.25) is 0 Å². The standard InChI is InChI=1S/C15H23N3O2/c1-15(2,3)20-14(19)17-10-13-6-4-5-12(18-13)7-11-8-16-9-11/h4-6,11,16H,7-10H2,1-3H3,(H,17,19). The highest BCUT2D eigenvalue weighted by atomic mass is 16.6. The summed E-state index contributed by atoms with van der Waals surface area (Å²) in [5.41, 5.74) is 1.47. The molecule has 0 atom stereocenters. The molecule has 0 spiro atoms. The third-order valence-corrected chi connectivity index (χ3v) is 3.04. The lowest BCUT2D eigenvalue weighted by atomic mass is 9.97. The van der Waals surface area contributed by atoms with Crippen LogP contribution in [0.1, 0.15) is 32.2 Å². The van der Waals surface area contributed by atoms with Crippen molar-refractivity contribution >= 4 is 6.09 Å². The Labute approximate surface area is 120 Å². The Morgan fingerprint density at radius 1 is 1.40 bits per heavy atom. The molecule has 110 valence electrons. The number of aromatic nitrogens is 1. The molecule has 5 heteroatoms. The van der Waals surface area contributed by atoms with Gasteiger partial charge in [0.25, 0.3) is 0 Å². The third-order valence-electron chi connectivity index (χ3n) is 3.04. The fourth-order valence-corrected chi connectivity index (χ4v) is 2.01. The molecule has 2 rings (SSSR count). The van der Waals surface area contributed by atoms with E-state index in [4.69, 9.17) is 4.74 Å². The molecule has 1 amide bonds. The lowest BCUT2D eigenvalue weighted by Crippen LogP contribution is -2.43. The molecular weight excluding hydrogens is 254 g/mol. The third kappa shape index (κ3) is 4.81. The van der Waals surface area contributed by atoms with Crippen molar-refractivity contribution < 1.29 is 9.53 Å². The number of hydrogen-bond donors (Lipinski definition) is 2. The highest BCUT2D eigenvalue weighted by Crippen LogP contribution is 2.11. The molecule has 1 aromatic rings. The van der Waals surface area contributed by atoms with E-state index in [0.29, 0.717) is 12.5 Å². The number of carbonyl (C=O) groups is 1. The van der Waals surface area contributed by atoms with Crippen molar-refractivity contribution in [1.82, 2.24) is 15.6 Å². The van der Waals surface area contributed by atoms with Crippen LogP contribution in [-0.4, -0.2) is 29.8 Å². The van der Waals surface area contributed by atoms with E-state index in [2.05, 4.69) is 15.6 Å². The summed E-state index contributed by atoms with van der Waals surface area (Å²) >= 11 is 0. The van der Waals surface area contributed by atoms with Gasteiger partial charge in [-0.05, 0) is 58.3 Å². The topological polar surface area (TPSA) is 63.2 Å². The van der Waals surface area contributed by atoms with Crippen molar-refractivity contribution in [3.63, 3.8) is 0 Å². The average Bonchev–Trinajstić information content (AvgIpc) is 2.30. The normalized spacial score (nSPS) is 15.6. The van der Waals surface area contributed by atoms with Gasteiger partial charge in [-0.3, -0.25) is 4.98 Å². The molecule has 0 radical (unpaired) electrons. The summed E-state index contributed by atoms with van der Waals surface area (Å²) < 4.78 is 5.19. The van der Waals surface area contributed by atoms with Crippen molar-refractivity contribution in [3.8, 4) is 0 Å². The quantitative estimate of drug-likeness (QED) is 0.882. The summed E-state index contributed by atoms with van der Waals surface area (Å²) in [5.74, 6) is 0.691. The fourth-order valence-electron chi connectivity index (χ4n) is 2.01. The first-order valence-corrected chi connectivity index (χ1v) is 7.05. The maximum atomic E-state index is 11.6. The molecule has 1 saturated heterocycles. The van der Waals surface area contributed by atoms with E-state index >= 15 is 0 Å². The molecule has 0 unspecified atom stereocenters. The zero-order valence-electron chi connectivity index (χ0n) is 12.4. The Kier molecular flexibility index (Phi) is 4.60. The number of ether oxygens (including phenoxy) is 1. The van der Waals surface area contributed by atoms with Crippen molar-refractivity contribution in [2.75, 3.05) is 13.1 Å². The Morgan fingerprint density at radius 2 is 2.10 bits per heavy atom. The molecule has 1 aromatic heterocycles. The summed E-state index contributed by atoms with van der Waals surface area (Å²) in [7, 11) is 0. The van der Waals surface area contributed by atoms with Gasteiger partial charge in [-0.2, -0.15) is 0 Å². The summed E-state index contributed by atoms with van der Waals surface area (Å²) in [6, 6.07) is 5.94. The number of nitrogens with one attached hydrogen (secondary N) is 2. The fraction of sp³-hybridized carbons (Fsp3) is 0.600. The van der Waals surface area contributed by atoms with Gasteiger partial charge >= 0.3 is 6.09 Å². The van der Waals surface area contributed by atoms with E-state index in [9.17, 15) is 4.79 Å². The van der Waals surface area contributed by atoms with Crippen LogP contribution in [0, 0.1) is 5.92 Å². The van der Waals surface area contributed by atoms with Gasteiger partial charge in [0.05, 0.1) is 12.2 Å². The van der Waals surface area contributed by atoms with Crippen molar-refractivity contribution in [3.05, 3.63) is 29.6 Å². The van der Waals surface area contributed by atoms with E-state index in [1.807, 2.05) is 39.0 Å². The first-order chi connectivity index (χ1) is 9.42. The van der Waals surface area contributed by atoms with E-state index < -0.39 is 11.7 Å². The number of carbonyl (C=O) groups excluding carboxylic acids is 1. The van der Waals surface area contributed by atoms with Crippen molar-refractivity contribution in [2.24, 2.45) is 5.92 Å². The molecule has 0 aromatic carbocycles. The summed E-state index contributed by atoms with van der Waals surface area (Å²) in [5, 5.41) is 5.98. The second kappa shape index (κ2) is 6.22. The van der Waals surface area contributed by atoms with Gasteiger partial charge in [-0.1, -0.05) is 6.07 Å². The van der Waals surface area contributed by atoms with E-state index in [1.165, 1.54) is 0 Å². The Hall–Kier alpha value is -1.62. The Morgan fingerprint density at radius 3 is 2.70 bits per heavy atom. The number of nitrogens with zero attached hydrogens (tertiary/aromatic N) is 1. The van der Waals surface area contributed by atoms with Gasteiger partial charge in [-0.25, -0.2) is 4.79 Å². The number of pyridine rings is 1. The molecule has 2 heterocycles. The average molecular weight is 277 g/mol. The van der Waals surface area contributed by atoms with Gasteiger partial charge < -0.3 is 15.4 Å². The van der Waals surface area contributed by atoms with Gasteiger partial charge in [-0.15, -0.1) is 0 Å². The smallest absolute Gasteiger partial charge is 0.407 e. The van der Waals surface area contributed by atoms with Crippen LogP contribution in [0.5, 0.6) is 0 Å². The molecule has 1 fully saturated rings. The van der Waals surface area contributed by atoms with Crippen LogP contribution in [0.4, 0.5) is 4.79 Å². The van der Waals surface area contributed by atoms with Crippen LogP contribution >= 0.6 is 0 Å². The monoisotopic (exact) mass is 277 g/mol. The predicted molar refractivity (Wildman–Crippen MR) is 77.4 cm³/mol. The minimum absolute atomic E-state index is 0.395. The second-order valence-corrected chi connectivity index (χ2v) is 6.20. The lowest BCUT2D eigenvalue weighted by Gasteiger charge is -2.26. The molecule has 0 aliphatic carbocycles. The number of hydrogen-bond acceptors (Lipinski definition) is 4. The van der Waals surface area contributed by atoms with E-state index in [0.717, 1.165) is 30.9 Å². The van der Waals surface area contributed by atoms with Crippen LogP contribution in [-0.2, 0) is 17.7 Å². The van der Waals surface area contributed by atoms with Crippen molar-refractivity contribution in [1.29, 1.82) is 0 Å². The minimum Gasteiger partial charge on any atom is -0.444 e. The lowest BCUT2D eigenvalue weighted by molar-refractivity contribution is 0.0523. The molecule has 20 heavy (non-hydrogen) atoms.